The molecule has 0 bridgehead atoms. The Balaban J connectivity index is 1.55. The van der Waals surface area contributed by atoms with Crippen LogP contribution in [0.4, 0.5) is 0 Å². The molecule has 0 aliphatic carbocycles. The largest absolute Gasteiger partial charge is 0.497 e. The van der Waals surface area contributed by atoms with E-state index in [2.05, 4.69) is 10.3 Å². The van der Waals surface area contributed by atoms with Gasteiger partial charge in [0.1, 0.15) is 30.5 Å². The molecule has 1 N–H and O–H groups in total. The van der Waals surface area contributed by atoms with Crippen molar-refractivity contribution in [3.63, 3.8) is 0 Å². The number of amides is 1. The fraction of sp³-hybridized carbons (Fsp3) is 0.300. The van der Waals surface area contributed by atoms with Crippen LogP contribution in [-0.2, 0) is 17.1 Å². The van der Waals surface area contributed by atoms with Gasteiger partial charge in [-0.15, -0.1) is 0 Å². The lowest BCUT2D eigenvalue weighted by molar-refractivity contribution is -0.121. The molecule has 27 heavy (non-hydrogen) atoms. The van der Waals surface area contributed by atoms with Crippen LogP contribution in [0.1, 0.15) is 5.82 Å². The summed E-state index contributed by atoms with van der Waals surface area (Å²) in [5, 5.41) is 2.90. The molecule has 7 heteroatoms. The SMILES string of the molecule is COc1cccc(OCCNC(=O)Cn2c(CSC)nc3ccccc32)c1. The van der Waals surface area contributed by atoms with Crippen molar-refractivity contribution in [2.45, 2.75) is 12.3 Å². The Kier molecular flexibility index (Phi) is 6.59. The first kappa shape index (κ1) is 19.1. The lowest BCUT2D eigenvalue weighted by atomic mass is 10.3. The number of imidazole rings is 1. The second kappa shape index (κ2) is 9.32. The molecule has 0 radical (unpaired) electrons. The standard InChI is InChI=1S/C20H23N3O3S/c1-25-15-6-5-7-16(12-15)26-11-10-21-20(24)13-23-18-9-4-3-8-17(18)22-19(23)14-27-2/h3-9,12H,10-11,13-14H2,1-2H3,(H,21,24). The molecule has 0 fully saturated rings. The van der Waals surface area contributed by atoms with Gasteiger partial charge in [-0.1, -0.05) is 18.2 Å². The smallest absolute Gasteiger partial charge is 0.240 e. The zero-order valence-electron chi connectivity index (χ0n) is 15.5. The molecule has 0 aliphatic heterocycles. The highest BCUT2D eigenvalue weighted by atomic mass is 32.2. The zero-order chi connectivity index (χ0) is 19.1. The van der Waals surface area contributed by atoms with E-state index in [0.29, 0.717) is 18.9 Å². The van der Waals surface area contributed by atoms with Crippen molar-refractivity contribution in [1.29, 1.82) is 0 Å². The van der Waals surface area contributed by atoms with Crippen LogP contribution in [-0.4, -0.2) is 42.0 Å². The zero-order valence-corrected chi connectivity index (χ0v) is 16.3. The molecule has 0 atom stereocenters. The second-order valence-corrected chi connectivity index (χ2v) is 6.78. The van der Waals surface area contributed by atoms with Gasteiger partial charge in [0.2, 0.25) is 5.91 Å². The Morgan fingerprint density at radius 2 is 2.00 bits per heavy atom. The van der Waals surface area contributed by atoms with Crippen molar-refractivity contribution in [1.82, 2.24) is 14.9 Å². The maximum absolute atomic E-state index is 12.4. The highest BCUT2D eigenvalue weighted by molar-refractivity contribution is 7.97. The van der Waals surface area contributed by atoms with Crippen LogP contribution in [0, 0.1) is 0 Å². The van der Waals surface area contributed by atoms with Gasteiger partial charge < -0.3 is 19.4 Å². The molecule has 0 saturated carbocycles. The summed E-state index contributed by atoms with van der Waals surface area (Å²) in [5.41, 5.74) is 1.89. The molecular formula is C20H23N3O3S. The lowest BCUT2D eigenvalue weighted by Crippen LogP contribution is -2.31. The third-order valence-corrected chi connectivity index (χ3v) is 4.59. The molecule has 6 nitrogen and oxygen atoms in total. The molecule has 3 rings (SSSR count). The average molecular weight is 385 g/mol. The minimum absolute atomic E-state index is 0.0604. The maximum Gasteiger partial charge on any atom is 0.240 e. The molecule has 142 valence electrons. The predicted molar refractivity (Wildman–Crippen MR) is 108 cm³/mol. The number of rotatable bonds is 9. The van der Waals surface area contributed by atoms with Gasteiger partial charge in [0.05, 0.1) is 30.4 Å². The van der Waals surface area contributed by atoms with Gasteiger partial charge in [-0.25, -0.2) is 4.98 Å². The molecule has 2 aromatic carbocycles. The summed E-state index contributed by atoms with van der Waals surface area (Å²) in [6, 6.07) is 15.3. The lowest BCUT2D eigenvalue weighted by Gasteiger charge is -2.11. The minimum Gasteiger partial charge on any atom is -0.497 e. The van der Waals surface area contributed by atoms with E-state index >= 15 is 0 Å². The van der Waals surface area contributed by atoms with E-state index in [1.54, 1.807) is 18.9 Å². The molecular weight excluding hydrogens is 362 g/mol. The van der Waals surface area contributed by atoms with Gasteiger partial charge in [0, 0.05) is 6.07 Å². The van der Waals surface area contributed by atoms with E-state index in [-0.39, 0.29) is 12.5 Å². The topological polar surface area (TPSA) is 65.4 Å². The summed E-state index contributed by atoms with van der Waals surface area (Å²) in [7, 11) is 1.62. The van der Waals surface area contributed by atoms with E-state index in [1.165, 1.54) is 0 Å². The summed E-state index contributed by atoms with van der Waals surface area (Å²) in [6.45, 7) is 1.07. The van der Waals surface area contributed by atoms with Crippen LogP contribution in [0.5, 0.6) is 11.5 Å². The average Bonchev–Trinajstić information content (AvgIpc) is 3.03. The van der Waals surface area contributed by atoms with Crippen molar-refractivity contribution in [2.75, 3.05) is 26.5 Å². The van der Waals surface area contributed by atoms with Crippen molar-refractivity contribution < 1.29 is 14.3 Å². The van der Waals surface area contributed by atoms with Crippen LogP contribution < -0.4 is 14.8 Å². The number of benzene rings is 2. The highest BCUT2D eigenvalue weighted by Crippen LogP contribution is 2.19. The fourth-order valence-corrected chi connectivity index (χ4v) is 3.27. The summed E-state index contributed by atoms with van der Waals surface area (Å²) in [4.78, 5) is 17.0. The first-order chi connectivity index (χ1) is 13.2. The van der Waals surface area contributed by atoms with Gasteiger partial charge in [-0.05, 0) is 30.5 Å². The van der Waals surface area contributed by atoms with Crippen LogP contribution in [0.25, 0.3) is 11.0 Å². The maximum atomic E-state index is 12.4. The summed E-state index contributed by atoms with van der Waals surface area (Å²) in [6.07, 6.45) is 2.03. The Morgan fingerprint density at radius 1 is 1.19 bits per heavy atom. The number of nitrogens with zero attached hydrogens (tertiary/aromatic N) is 2. The molecule has 0 spiro atoms. The molecule has 0 unspecified atom stereocenters. The summed E-state index contributed by atoms with van der Waals surface area (Å²) in [5.74, 6) is 3.07. The molecule has 1 amide bonds. The molecule has 0 aliphatic rings. The number of ether oxygens (including phenoxy) is 2. The Hall–Kier alpha value is -2.67. The van der Waals surface area contributed by atoms with Crippen molar-refractivity contribution in [2.24, 2.45) is 0 Å². The highest BCUT2D eigenvalue weighted by Gasteiger charge is 2.13. The van der Waals surface area contributed by atoms with Crippen molar-refractivity contribution >= 4 is 28.7 Å². The number of thioether (sulfide) groups is 1. The molecule has 3 aromatic rings. The second-order valence-electron chi connectivity index (χ2n) is 5.91. The number of hydrogen-bond acceptors (Lipinski definition) is 5. The quantitative estimate of drug-likeness (QED) is 0.574. The number of carbonyl (C=O) groups is 1. The number of carbonyl (C=O) groups excluding carboxylic acids is 1. The first-order valence-corrected chi connectivity index (χ1v) is 10.1. The summed E-state index contributed by atoms with van der Waals surface area (Å²) < 4.78 is 12.8. The number of para-hydroxylation sites is 2. The first-order valence-electron chi connectivity index (χ1n) is 8.68. The minimum atomic E-state index is -0.0604. The Labute approximate surface area is 162 Å². The summed E-state index contributed by atoms with van der Waals surface area (Å²) >= 11 is 1.69. The third-order valence-electron chi connectivity index (χ3n) is 4.04. The molecule has 1 aromatic heterocycles. The molecule has 0 saturated heterocycles. The van der Waals surface area contributed by atoms with Crippen molar-refractivity contribution in [3.8, 4) is 11.5 Å². The fourth-order valence-electron chi connectivity index (χ4n) is 2.79. The van der Waals surface area contributed by atoms with Crippen LogP contribution >= 0.6 is 11.8 Å². The number of methoxy groups -OCH3 is 1. The third kappa shape index (κ3) is 4.95. The number of aromatic nitrogens is 2. The van der Waals surface area contributed by atoms with Crippen molar-refractivity contribution in [3.05, 3.63) is 54.4 Å². The number of hydrogen-bond donors (Lipinski definition) is 1. The van der Waals surface area contributed by atoms with Gasteiger partial charge in [0.25, 0.3) is 0 Å². The van der Waals surface area contributed by atoms with E-state index < -0.39 is 0 Å². The number of fused-ring (bicyclic) bond motifs is 1. The van der Waals surface area contributed by atoms with Gasteiger partial charge in [0.15, 0.2) is 0 Å². The monoisotopic (exact) mass is 385 g/mol. The van der Waals surface area contributed by atoms with Gasteiger partial charge in [-0.2, -0.15) is 11.8 Å². The Morgan fingerprint density at radius 3 is 2.81 bits per heavy atom. The van der Waals surface area contributed by atoms with Crippen LogP contribution in [0.2, 0.25) is 0 Å². The van der Waals surface area contributed by atoms with Crippen LogP contribution in [0.3, 0.4) is 0 Å². The van der Waals surface area contributed by atoms with Crippen LogP contribution in [0.15, 0.2) is 48.5 Å². The van der Waals surface area contributed by atoms with Gasteiger partial charge >= 0.3 is 0 Å². The molecule has 1 heterocycles. The van der Waals surface area contributed by atoms with Gasteiger partial charge in [-0.3, -0.25) is 4.79 Å². The predicted octanol–water partition coefficient (Wildman–Crippen LogP) is 3.10. The van der Waals surface area contributed by atoms with E-state index in [4.69, 9.17) is 9.47 Å². The normalized spacial score (nSPS) is 10.7. The van der Waals surface area contributed by atoms with E-state index in [0.717, 1.165) is 28.4 Å². The van der Waals surface area contributed by atoms with E-state index in [1.807, 2.05) is 59.4 Å². The Bertz CT molecular complexity index is 910. The van der Waals surface area contributed by atoms with E-state index in [9.17, 15) is 4.79 Å². The number of nitrogens with one attached hydrogen (secondary N) is 1.